The molecule has 102 valence electrons. The summed E-state index contributed by atoms with van der Waals surface area (Å²) in [5.74, 6) is -0.374. The maximum absolute atomic E-state index is 11.4. The number of aromatic nitrogens is 2. The second kappa shape index (κ2) is 6.20. The molecule has 5 nitrogen and oxygen atoms in total. The molecule has 1 atom stereocenters. The van der Waals surface area contributed by atoms with Crippen molar-refractivity contribution in [3.8, 4) is 0 Å². The quantitative estimate of drug-likeness (QED) is 0.635. The zero-order valence-corrected chi connectivity index (χ0v) is 11.8. The summed E-state index contributed by atoms with van der Waals surface area (Å²) in [7, 11) is 1.35. The number of halogens is 1. The van der Waals surface area contributed by atoms with Crippen molar-refractivity contribution in [1.82, 2.24) is 9.78 Å². The molecule has 18 heavy (non-hydrogen) atoms. The zero-order valence-electron chi connectivity index (χ0n) is 11.1. The van der Waals surface area contributed by atoms with E-state index in [1.54, 1.807) is 13.1 Å². The van der Waals surface area contributed by atoms with Crippen molar-refractivity contribution in [2.24, 2.45) is 5.73 Å². The molecule has 0 saturated heterocycles. The van der Waals surface area contributed by atoms with Gasteiger partial charge in [-0.3, -0.25) is 9.48 Å². The standard InChI is InChI=1S/C12H20ClN3O2/c1-9-10(13)8-15-16(9)7-5-4-6-12(2,14)11(17)18-3/h8H,4-7,14H2,1-3H3. The van der Waals surface area contributed by atoms with Gasteiger partial charge < -0.3 is 10.5 Å². The topological polar surface area (TPSA) is 70.1 Å². The highest BCUT2D eigenvalue weighted by Gasteiger charge is 2.28. The van der Waals surface area contributed by atoms with Crippen molar-refractivity contribution < 1.29 is 9.53 Å². The maximum Gasteiger partial charge on any atom is 0.325 e. The first-order chi connectivity index (χ1) is 8.38. The van der Waals surface area contributed by atoms with Crippen molar-refractivity contribution in [1.29, 1.82) is 0 Å². The van der Waals surface area contributed by atoms with Crippen LogP contribution in [0.5, 0.6) is 0 Å². The lowest BCUT2D eigenvalue weighted by Gasteiger charge is -2.21. The summed E-state index contributed by atoms with van der Waals surface area (Å²) in [4.78, 5) is 11.4. The van der Waals surface area contributed by atoms with Crippen LogP contribution in [0.15, 0.2) is 6.20 Å². The third kappa shape index (κ3) is 3.71. The third-order valence-electron chi connectivity index (χ3n) is 3.01. The van der Waals surface area contributed by atoms with E-state index in [4.69, 9.17) is 17.3 Å². The molecule has 0 radical (unpaired) electrons. The largest absolute Gasteiger partial charge is 0.468 e. The monoisotopic (exact) mass is 273 g/mol. The van der Waals surface area contributed by atoms with Gasteiger partial charge >= 0.3 is 5.97 Å². The van der Waals surface area contributed by atoms with Crippen molar-refractivity contribution in [2.75, 3.05) is 7.11 Å². The number of aryl methyl sites for hydroxylation is 1. The average Bonchev–Trinajstić information content (AvgIpc) is 2.65. The molecular formula is C12H20ClN3O2. The van der Waals surface area contributed by atoms with Gasteiger partial charge in [0.2, 0.25) is 0 Å². The van der Waals surface area contributed by atoms with E-state index in [1.165, 1.54) is 7.11 Å². The van der Waals surface area contributed by atoms with Crippen LogP contribution in [0, 0.1) is 6.92 Å². The molecule has 2 N–H and O–H groups in total. The van der Waals surface area contributed by atoms with E-state index in [0.717, 1.165) is 25.1 Å². The van der Waals surface area contributed by atoms with Gasteiger partial charge in [-0.2, -0.15) is 5.10 Å². The zero-order chi connectivity index (χ0) is 13.8. The Bertz CT molecular complexity index is 415. The Morgan fingerprint density at radius 1 is 1.61 bits per heavy atom. The smallest absolute Gasteiger partial charge is 0.325 e. The molecule has 0 fully saturated rings. The van der Waals surface area contributed by atoms with Crippen LogP contribution in [0.4, 0.5) is 0 Å². The molecule has 0 spiro atoms. The Hall–Kier alpha value is -1.07. The number of hydrogen-bond donors (Lipinski definition) is 1. The predicted molar refractivity (Wildman–Crippen MR) is 70.4 cm³/mol. The number of methoxy groups -OCH3 is 1. The maximum atomic E-state index is 11.4. The number of hydrogen-bond acceptors (Lipinski definition) is 4. The Balaban J connectivity index is 2.35. The number of nitrogens with two attached hydrogens (primary N) is 1. The van der Waals surface area contributed by atoms with E-state index in [-0.39, 0.29) is 5.97 Å². The van der Waals surface area contributed by atoms with Crippen molar-refractivity contribution in [3.63, 3.8) is 0 Å². The van der Waals surface area contributed by atoms with Crippen LogP contribution >= 0.6 is 11.6 Å². The second-order valence-corrected chi connectivity index (χ2v) is 5.07. The van der Waals surface area contributed by atoms with E-state index >= 15 is 0 Å². The molecule has 0 amide bonds. The van der Waals surface area contributed by atoms with Crippen molar-refractivity contribution >= 4 is 17.6 Å². The fourth-order valence-electron chi connectivity index (χ4n) is 1.74. The minimum Gasteiger partial charge on any atom is -0.468 e. The molecule has 0 saturated carbocycles. The number of ether oxygens (including phenoxy) is 1. The van der Waals surface area contributed by atoms with Gasteiger partial charge in [-0.15, -0.1) is 0 Å². The van der Waals surface area contributed by atoms with Gasteiger partial charge in [-0.05, 0) is 33.1 Å². The van der Waals surface area contributed by atoms with Gasteiger partial charge in [0.1, 0.15) is 5.54 Å². The Labute approximate surface area is 112 Å². The fraction of sp³-hybridized carbons (Fsp3) is 0.667. The van der Waals surface area contributed by atoms with E-state index in [2.05, 4.69) is 9.84 Å². The number of carbonyl (C=O) groups excluding carboxylic acids is 1. The summed E-state index contributed by atoms with van der Waals surface area (Å²) in [5, 5.41) is 4.84. The molecule has 0 bridgehead atoms. The fourth-order valence-corrected chi connectivity index (χ4v) is 1.88. The van der Waals surface area contributed by atoms with Crippen LogP contribution in [0.25, 0.3) is 0 Å². The average molecular weight is 274 g/mol. The molecule has 6 heteroatoms. The van der Waals surface area contributed by atoms with Gasteiger partial charge in [0.05, 0.1) is 24.0 Å². The van der Waals surface area contributed by atoms with Gasteiger partial charge in [-0.25, -0.2) is 0 Å². The number of unbranched alkanes of at least 4 members (excludes halogenated alkanes) is 1. The molecule has 0 aliphatic rings. The van der Waals surface area contributed by atoms with E-state index in [0.29, 0.717) is 11.4 Å². The molecule has 1 aromatic heterocycles. The van der Waals surface area contributed by atoms with Crippen LogP contribution in [0.1, 0.15) is 31.9 Å². The van der Waals surface area contributed by atoms with Crippen LogP contribution in [0.2, 0.25) is 5.02 Å². The van der Waals surface area contributed by atoms with Crippen LogP contribution in [-0.4, -0.2) is 28.4 Å². The predicted octanol–water partition coefficient (Wildman–Crippen LogP) is 1.91. The Kier molecular flexibility index (Phi) is 5.16. The van der Waals surface area contributed by atoms with Crippen LogP contribution in [0.3, 0.4) is 0 Å². The molecule has 1 unspecified atom stereocenters. The normalized spacial score (nSPS) is 14.3. The molecule has 0 aromatic carbocycles. The highest BCUT2D eigenvalue weighted by molar-refractivity contribution is 6.31. The SMILES string of the molecule is COC(=O)C(C)(N)CCCCn1ncc(Cl)c1C. The first kappa shape index (κ1) is 15.0. The minimum atomic E-state index is -0.911. The van der Waals surface area contributed by atoms with Crippen molar-refractivity contribution in [2.45, 2.75) is 45.2 Å². The Morgan fingerprint density at radius 2 is 2.28 bits per heavy atom. The van der Waals surface area contributed by atoms with Crippen LogP contribution < -0.4 is 5.73 Å². The summed E-state index contributed by atoms with van der Waals surface area (Å²) < 4.78 is 6.51. The van der Waals surface area contributed by atoms with Crippen molar-refractivity contribution in [3.05, 3.63) is 16.9 Å². The van der Waals surface area contributed by atoms with E-state index in [9.17, 15) is 4.79 Å². The summed E-state index contributed by atoms with van der Waals surface area (Å²) in [6, 6.07) is 0. The third-order valence-corrected chi connectivity index (χ3v) is 3.38. The molecule has 1 heterocycles. The van der Waals surface area contributed by atoms with Gasteiger partial charge in [-0.1, -0.05) is 11.6 Å². The first-order valence-corrected chi connectivity index (χ1v) is 6.31. The second-order valence-electron chi connectivity index (χ2n) is 4.67. The summed E-state index contributed by atoms with van der Waals surface area (Å²) >= 11 is 5.91. The van der Waals surface area contributed by atoms with E-state index in [1.807, 2.05) is 11.6 Å². The van der Waals surface area contributed by atoms with Gasteiger partial charge in [0.25, 0.3) is 0 Å². The molecule has 0 aliphatic heterocycles. The highest BCUT2D eigenvalue weighted by Crippen LogP contribution is 2.16. The molecular weight excluding hydrogens is 254 g/mol. The number of carbonyl (C=O) groups is 1. The lowest BCUT2D eigenvalue weighted by molar-refractivity contribution is -0.146. The first-order valence-electron chi connectivity index (χ1n) is 5.93. The lowest BCUT2D eigenvalue weighted by Crippen LogP contribution is -2.45. The number of rotatable bonds is 6. The molecule has 1 aromatic rings. The number of nitrogens with zero attached hydrogens (tertiary/aromatic N) is 2. The number of esters is 1. The summed E-state index contributed by atoms with van der Waals surface area (Å²) in [5.41, 5.74) is 5.91. The van der Waals surface area contributed by atoms with Crippen LogP contribution in [-0.2, 0) is 16.1 Å². The van der Waals surface area contributed by atoms with Gasteiger partial charge in [0.15, 0.2) is 0 Å². The van der Waals surface area contributed by atoms with E-state index < -0.39 is 5.54 Å². The molecule has 0 aliphatic carbocycles. The summed E-state index contributed by atoms with van der Waals surface area (Å²) in [6.45, 7) is 4.39. The summed E-state index contributed by atoms with van der Waals surface area (Å²) in [6.07, 6.45) is 3.95. The Morgan fingerprint density at radius 3 is 2.78 bits per heavy atom. The lowest BCUT2D eigenvalue weighted by atomic mass is 9.96. The minimum absolute atomic E-state index is 0.374. The molecule has 1 rings (SSSR count). The van der Waals surface area contributed by atoms with Gasteiger partial charge in [0, 0.05) is 6.54 Å². The highest BCUT2D eigenvalue weighted by atomic mass is 35.5.